The van der Waals surface area contributed by atoms with E-state index in [4.69, 9.17) is 4.74 Å². The molecule has 1 aliphatic rings. The molecule has 0 unspecified atom stereocenters. The van der Waals surface area contributed by atoms with Crippen molar-refractivity contribution in [2.75, 3.05) is 48.5 Å². The Morgan fingerprint density at radius 3 is 2.77 bits per heavy atom. The number of anilines is 2. The summed E-state index contributed by atoms with van der Waals surface area (Å²) in [4.78, 5) is 15.6. The molecule has 7 nitrogen and oxygen atoms in total. The second kappa shape index (κ2) is 9.29. The van der Waals surface area contributed by atoms with Gasteiger partial charge in [0.1, 0.15) is 0 Å². The van der Waals surface area contributed by atoms with E-state index in [-0.39, 0.29) is 5.91 Å². The van der Waals surface area contributed by atoms with Crippen LogP contribution in [0.2, 0.25) is 0 Å². The van der Waals surface area contributed by atoms with Crippen LogP contribution in [0.25, 0.3) is 0 Å². The molecule has 0 spiro atoms. The first kappa shape index (κ1) is 19.1. The molecule has 0 radical (unpaired) electrons. The maximum atomic E-state index is 12.3. The minimum absolute atomic E-state index is 0.0462. The van der Waals surface area contributed by atoms with Gasteiger partial charge in [0.25, 0.3) is 0 Å². The van der Waals surface area contributed by atoms with Crippen LogP contribution in [0.4, 0.5) is 11.6 Å². The highest BCUT2D eigenvalue weighted by molar-refractivity contribution is 7.99. The maximum absolute atomic E-state index is 12.3. The number of rotatable bonds is 7. The van der Waals surface area contributed by atoms with Gasteiger partial charge in [-0.3, -0.25) is 9.36 Å². The molecular weight excluding hydrogens is 370 g/mol. The average Bonchev–Trinajstić information content (AvgIpc) is 3.10. The van der Waals surface area contributed by atoms with Crippen molar-refractivity contribution in [3.8, 4) is 0 Å². The summed E-state index contributed by atoms with van der Waals surface area (Å²) in [6.07, 6.45) is 2.00. The van der Waals surface area contributed by atoms with E-state index in [2.05, 4.69) is 31.9 Å². The Morgan fingerprint density at radius 2 is 2.04 bits per heavy atom. The lowest BCUT2D eigenvalue weighted by Crippen LogP contribution is -2.38. The van der Waals surface area contributed by atoms with Gasteiger partial charge in [0, 0.05) is 24.5 Å². The van der Waals surface area contributed by atoms with Crippen LogP contribution in [-0.4, -0.2) is 59.0 Å². The first-order chi connectivity index (χ1) is 12.7. The number of thioether (sulfide) groups is 2. The van der Waals surface area contributed by atoms with Gasteiger partial charge in [0.2, 0.25) is 11.9 Å². The van der Waals surface area contributed by atoms with Crippen LogP contribution in [0.3, 0.4) is 0 Å². The number of para-hydroxylation sites is 1. The molecule has 0 aliphatic carbocycles. The van der Waals surface area contributed by atoms with Crippen LogP contribution in [-0.2, 0) is 16.1 Å². The van der Waals surface area contributed by atoms with Crippen molar-refractivity contribution in [1.82, 2.24) is 14.8 Å². The number of nitrogens with zero attached hydrogens (tertiary/aromatic N) is 4. The Bertz CT molecular complexity index is 747. The fraction of sp³-hybridized carbons (Fsp3) is 0.471. The Balaban J connectivity index is 1.62. The number of aromatic nitrogens is 3. The quantitative estimate of drug-likeness (QED) is 0.725. The van der Waals surface area contributed by atoms with E-state index >= 15 is 0 Å². The zero-order valence-corrected chi connectivity index (χ0v) is 16.6. The molecule has 1 N–H and O–H groups in total. The summed E-state index contributed by atoms with van der Waals surface area (Å²) >= 11 is 3.02. The van der Waals surface area contributed by atoms with Crippen molar-refractivity contribution >= 4 is 41.1 Å². The highest BCUT2D eigenvalue weighted by Gasteiger charge is 2.20. The Kier molecular flexibility index (Phi) is 6.81. The smallest absolute Gasteiger partial charge is 0.234 e. The number of morpholine rings is 1. The van der Waals surface area contributed by atoms with Gasteiger partial charge in [0.15, 0.2) is 5.16 Å². The predicted molar refractivity (Wildman–Crippen MR) is 106 cm³/mol. The second-order valence-corrected chi connectivity index (χ2v) is 7.45. The summed E-state index contributed by atoms with van der Waals surface area (Å²) in [6.45, 7) is 5.86. The molecule has 140 valence electrons. The fourth-order valence-electron chi connectivity index (χ4n) is 2.73. The molecule has 3 rings (SSSR count). The molecule has 1 aromatic heterocycles. The van der Waals surface area contributed by atoms with Crippen LogP contribution >= 0.6 is 23.5 Å². The molecule has 2 aromatic rings. The highest BCUT2D eigenvalue weighted by atomic mass is 32.2. The Labute approximate surface area is 161 Å². The normalized spacial score (nSPS) is 14.5. The lowest BCUT2D eigenvalue weighted by molar-refractivity contribution is -0.113. The minimum Gasteiger partial charge on any atom is -0.378 e. The molecule has 1 aromatic carbocycles. The molecule has 2 heterocycles. The molecular formula is C17H23N5O2S2. The SMILES string of the molecule is CCn1c(SCC(=O)Nc2ccccc2SC)nnc1N1CCOCC1. The Hall–Kier alpha value is -1.71. The summed E-state index contributed by atoms with van der Waals surface area (Å²) in [5.74, 6) is 1.10. The molecule has 1 amide bonds. The standard InChI is InChI=1S/C17H23N5O2S2/c1-3-22-16(21-8-10-24-11-9-21)19-20-17(22)26-12-15(23)18-13-6-4-5-7-14(13)25-2/h4-7H,3,8-12H2,1-2H3,(H,18,23). The molecule has 26 heavy (non-hydrogen) atoms. The van der Waals surface area contributed by atoms with Crippen LogP contribution in [0.15, 0.2) is 34.3 Å². The van der Waals surface area contributed by atoms with Crippen molar-refractivity contribution in [3.63, 3.8) is 0 Å². The summed E-state index contributed by atoms with van der Waals surface area (Å²) in [5.41, 5.74) is 0.844. The van der Waals surface area contributed by atoms with Gasteiger partial charge in [-0.1, -0.05) is 23.9 Å². The summed E-state index contributed by atoms with van der Waals surface area (Å²) < 4.78 is 7.45. The van der Waals surface area contributed by atoms with Gasteiger partial charge in [-0.05, 0) is 25.3 Å². The van der Waals surface area contributed by atoms with E-state index in [0.29, 0.717) is 19.0 Å². The van der Waals surface area contributed by atoms with Gasteiger partial charge in [-0.25, -0.2) is 0 Å². The van der Waals surface area contributed by atoms with Gasteiger partial charge in [-0.15, -0.1) is 22.0 Å². The number of hydrogen-bond donors (Lipinski definition) is 1. The van der Waals surface area contributed by atoms with Gasteiger partial charge in [0.05, 0.1) is 24.7 Å². The average molecular weight is 394 g/mol. The van der Waals surface area contributed by atoms with Crippen LogP contribution in [0, 0.1) is 0 Å². The summed E-state index contributed by atoms with van der Waals surface area (Å²) in [5, 5.41) is 12.4. The number of carbonyl (C=O) groups is 1. The predicted octanol–water partition coefficient (Wildman–Crippen LogP) is 2.59. The molecule has 1 fully saturated rings. The van der Waals surface area contributed by atoms with E-state index in [9.17, 15) is 4.79 Å². The van der Waals surface area contributed by atoms with Crippen molar-refractivity contribution in [2.45, 2.75) is 23.5 Å². The second-order valence-electron chi connectivity index (χ2n) is 5.66. The Morgan fingerprint density at radius 1 is 1.27 bits per heavy atom. The zero-order chi connectivity index (χ0) is 18.4. The summed E-state index contributed by atoms with van der Waals surface area (Å²) in [6, 6.07) is 7.80. The van der Waals surface area contributed by atoms with Crippen LogP contribution in [0.5, 0.6) is 0 Å². The third-order valence-electron chi connectivity index (χ3n) is 4.02. The maximum Gasteiger partial charge on any atom is 0.234 e. The minimum atomic E-state index is -0.0462. The molecule has 1 saturated heterocycles. The first-order valence-corrected chi connectivity index (χ1v) is 10.8. The van der Waals surface area contributed by atoms with E-state index in [1.807, 2.05) is 30.5 Å². The first-order valence-electron chi connectivity index (χ1n) is 8.54. The summed E-state index contributed by atoms with van der Waals surface area (Å²) in [7, 11) is 0. The van der Waals surface area contributed by atoms with Gasteiger partial charge < -0.3 is 15.0 Å². The zero-order valence-electron chi connectivity index (χ0n) is 15.0. The number of hydrogen-bond acceptors (Lipinski definition) is 7. The monoisotopic (exact) mass is 393 g/mol. The van der Waals surface area contributed by atoms with E-state index in [1.54, 1.807) is 11.8 Å². The molecule has 0 atom stereocenters. The highest BCUT2D eigenvalue weighted by Crippen LogP contribution is 2.26. The van der Waals surface area contributed by atoms with Crippen molar-refractivity contribution in [1.29, 1.82) is 0 Å². The third kappa shape index (κ3) is 4.52. The number of amides is 1. The van der Waals surface area contributed by atoms with E-state index < -0.39 is 0 Å². The largest absolute Gasteiger partial charge is 0.378 e. The third-order valence-corrected chi connectivity index (χ3v) is 5.78. The van der Waals surface area contributed by atoms with Crippen molar-refractivity contribution in [2.24, 2.45) is 0 Å². The van der Waals surface area contributed by atoms with Crippen molar-refractivity contribution < 1.29 is 9.53 Å². The number of ether oxygens (including phenoxy) is 1. The van der Waals surface area contributed by atoms with Crippen LogP contribution in [0.1, 0.15) is 6.92 Å². The number of nitrogens with one attached hydrogen (secondary N) is 1. The van der Waals surface area contributed by atoms with Gasteiger partial charge in [-0.2, -0.15) is 0 Å². The molecule has 9 heteroatoms. The van der Waals surface area contributed by atoms with Crippen LogP contribution < -0.4 is 10.2 Å². The lowest BCUT2D eigenvalue weighted by Gasteiger charge is -2.27. The number of benzene rings is 1. The molecule has 0 saturated carbocycles. The van der Waals surface area contributed by atoms with Crippen molar-refractivity contribution in [3.05, 3.63) is 24.3 Å². The number of carbonyl (C=O) groups excluding carboxylic acids is 1. The topological polar surface area (TPSA) is 72.3 Å². The van der Waals surface area contributed by atoms with Gasteiger partial charge >= 0.3 is 0 Å². The van der Waals surface area contributed by atoms with E-state index in [0.717, 1.165) is 41.3 Å². The molecule has 0 bridgehead atoms. The molecule has 1 aliphatic heterocycles. The lowest BCUT2D eigenvalue weighted by atomic mass is 10.3. The van der Waals surface area contributed by atoms with E-state index in [1.165, 1.54) is 11.8 Å². The fourth-order valence-corrected chi connectivity index (χ4v) is 4.08.